The molecule has 0 bridgehead atoms. The second kappa shape index (κ2) is 6.39. The van der Waals surface area contributed by atoms with E-state index in [4.69, 9.17) is 0 Å². The van der Waals surface area contributed by atoms with Crippen molar-refractivity contribution >= 4 is 15.9 Å². The molecule has 0 radical (unpaired) electrons. The van der Waals surface area contributed by atoms with Crippen LogP contribution in [0.1, 0.15) is 45.1 Å². The lowest BCUT2D eigenvalue weighted by molar-refractivity contribution is 0.0507. The van der Waals surface area contributed by atoms with Gasteiger partial charge in [0.05, 0.1) is 0 Å². The zero-order valence-corrected chi connectivity index (χ0v) is 14.8. The zero-order chi connectivity index (χ0) is 14.9. The van der Waals surface area contributed by atoms with Gasteiger partial charge in [0.15, 0.2) is 0 Å². The lowest BCUT2D eigenvalue weighted by atomic mass is 9.88. The van der Waals surface area contributed by atoms with E-state index in [9.17, 15) is 0 Å². The predicted molar refractivity (Wildman–Crippen MR) is 92.4 cm³/mol. The maximum absolute atomic E-state index is 3.90. The van der Waals surface area contributed by atoms with Crippen molar-refractivity contribution in [3.05, 3.63) is 34.3 Å². The van der Waals surface area contributed by atoms with Gasteiger partial charge in [0.2, 0.25) is 0 Å². The van der Waals surface area contributed by atoms with E-state index in [0.29, 0.717) is 17.5 Å². The van der Waals surface area contributed by atoms with E-state index in [1.165, 1.54) is 42.3 Å². The highest BCUT2D eigenvalue weighted by Gasteiger charge is 2.41. The van der Waals surface area contributed by atoms with E-state index in [-0.39, 0.29) is 0 Å². The normalized spacial score (nSPS) is 25.8. The molecule has 1 atom stereocenters. The van der Waals surface area contributed by atoms with Crippen molar-refractivity contribution in [3.63, 3.8) is 0 Å². The van der Waals surface area contributed by atoms with Crippen molar-refractivity contribution in [1.82, 2.24) is 10.2 Å². The molecule has 1 aromatic carbocycles. The highest BCUT2D eigenvalue weighted by molar-refractivity contribution is 9.10. The van der Waals surface area contributed by atoms with Crippen LogP contribution in [0.3, 0.4) is 0 Å². The first-order chi connectivity index (χ1) is 10.1. The van der Waals surface area contributed by atoms with Crippen molar-refractivity contribution in [2.75, 3.05) is 13.1 Å². The fourth-order valence-corrected chi connectivity index (χ4v) is 4.32. The van der Waals surface area contributed by atoms with Gasteiger partial charge in [0.1, 0.15) is 0 Å². The summed E-state index contributed by atoms with van der Waals surface area (Å²) in [7, 11) is 0. The maximum Gasteiger partial charge on any atom is 0.0309 e. The molecule has 21 heavy (non-hydrogen) atoms. The second-order valence-electron chi connectivity index (χ2n) is 7.21. The Hall–Kier alpha value is -0.380. The van der Waals surface area contributed by atoms with Crippen LogP contribution in [-0.2, 0) is 6.54 Å². The summed E-state index contributed by atoms with van der Waals surface area (Å²) in [5, 5.41) is 3.90. The number of hydrogen-bond donors (Lipinski definition) is 1. The Labute approximate surface area is 137 Å². The second-order valence-corrected chi connectivity index (χ2v) is 8.13. The van der Waals surface area contributed by atoms with Gasteiger partial charge in [-0.05, 0) is 36.5 Å². The Morgan fingerprint density at radius 2 is 1.90 bits per heavy atom. The topological polar surface area (TPSA) is 15.3 Å². The van der Waals surface area contributed by atoms with Gasteiger partial charge in [-0.1, -0.05) is 54.8 Å². The third kappa shape index (κ3) is 3.52. The van der Waals surface area contributed by atoms with Crippen LogP contribution in [0.5, 0.6) is 0 Å². The molecule has 2 aliphatic rings. The Morgan fingerprint density at radius 1 is 1.24 bits per heavy atom. The number of hydrogen-bond acceptors (Lipinski definition) is 2. The summed E-state index contributed by atoms with van der Waals surface area (Å²) in [5.74, 6) is 0.701. The molecule has 1 spiro atoms. The van der Waals surface area contributed by atoms with E-state index in [1.807, 2.05) is 0 Å². The van der Waals surface area contributed by atoms with E-state index in [2.05, 4.69) is 64.3 Å². The summed E-state index contributed by atoms with van der Waals surface area (Å²) in [5.41, 5.74) is 1.83. The zero-order valence-electron chi connectivity index (χ0n) is 13.2. The smallest absolute Gasteiger partial charge is 0.0309 e. The maximum atomic E-state index is 3.90. The quantitative estimate of drug-likeness (QED) is 0.878. The molecule has 2 fully saturated rings. The lowest BCUT2D eigenvalue weighted by Gasteiger charge is -2.48. The highest BCUT2D eigenvalue weighted by atomic mass is 79.9. The SMILES string of the molecule is CC(C)C1CNC2(CCCC2)CN1Cc1ccc(Br)cc1. The van der Waals surface area contributed by atoms with Crippen LogP contribution in [0.4, 0.5) is 0 Å². The first kappa shape index (κ1) is 15.5. The minimum atomic E-state index is 0.404. The molecule has 2 nitrogen and oxygen atoms in total. The molecule has 3 heteroatoms. The summed E-state index contributed by atoms with van der Waals surface area (Å²) >= 11 is 3.53. The number of halogens is 1. The van der Waals surface area contributed by atoms with Gasteiger partial charge in [0, 0.05) is 35.7 Å². The molecule has 1 saturated carbocycles. The number of nitrogens with one attached hydrogen (secondary N) is 1. The van der Waals surface area contributed by atoms with Crippen LogP contribution in [0.15, 0.2) is 28.7 Å². The molecular formula is C18H27BrN2. The molecule has 3 rings (SSSR count). The van der Waals surface area contributed by atoms with E-state index >= 15 is 0 Å². The van der Waals surface area contributed by atoms with Crippen LogP contribution in [-0.4, -0.2) is 29.6 Å². The van der Waals surface area contributed by atoms with E-state index in [1.54, 1.807) is 0 Å². The van der Waals surface area contributed by atoms with Gasteiger partial charge >= 0.3 is 0 Å². The first-order valence-electron chi connectivity index (χ1n) is 8.32. The molecule has 1 aliphatic heterocycles. The molecule has 1 aliphatic carbocycles. The van der Waals surface area contributed by atoms with Crippen molar-refractivity contribution < 1.29 is 0 Å². The highest BCUT2D eigenvalue weighted by Crippen LogP contribution is 2.34. The third-order valence-electron chi connectivity index (χ3n) is 5.29. The molecule has 1 aromatic rings. The monoisotopic (exact) mass is 350 g/mol. The molecule has 1 heterocycles. The van der Waals surface area contributed by atoms with E-state index in [0.717, 1.165) is 13.1 Å². The Morgan fingerprint density at radius 3 is 2.52 bits per heavy atom. The van der Waals surface area contributed by atoms with Crippen molar-refractivity contribution in [1.29, 1.82) is 0 Å². The molecular weight excluding hydrogens is 324 g/mol. The Kier molecular flexibility index (Phi) is 4.72. The average molecular weight is 351 g/mol. The third-order valence-corrected chi connectivity index (χ3v) is 5.82. The summed E-state index contributed by atoms with van der Waals surface area (Å²) in [6.07, 6.45) is 5.50. The van der Waals surface area contributed by atoms with Gasteiger partial charge in [-0.25, -0.2) is 0 Å². The summed E-state index contributed by atoms with van der Waals surface area (Å²) in [4.78, 5) is 2.73. The fourth-order valence-electron chi connectivity index (χ4n) is 4.05. The van der Waals surface area contributed by atoms with Crippen molar-refractivity contribution in [3.8, 4) is 0 Å². The molecule has 1 saturated heterocycles. The minimum Gasteiger partial charge on any atom is -0.308 e. The summed E-state index contributed by atoms with van der Waals surface area (Å²) in [6, 6.07) is 9.48. The van der Waals surface area contributed by atoms with Crippen LogP contribution in [0.25, 0.3) is 0 Å². The Bertz CT molecular complexity index is 463. The summed E-state index contributed by atoms with van der Waals surface area (Å²) in [6.45, 7) is 8.15. The number of benzene rings is 1. The van der Waals surface area contributed by atoms with Crippen LogP contribution < -0.4 is 5.32 Å². The lowest BCUT2D eigenvalue weighted by Crippen LogP contribution is -2.63. The number of rotatable bonds is 3. The summed E-state index contributed by atoms with van der Waals surface area (Å²) < 4.78 is 1.17. The van der Waals surface area contributed by atoms with Crippen molar-refractivity contribution in [2.24, 2.45) is 5.92 Å². The molecule has 0 amide bonds. The van der Waals surface area contributed by atoms with Crippen LogP contribution in [0.2, 0.25) is 0 Å². The number of piperazine rings is 1. The van der Waals surface area contributed by atoms with Gasteiger partial charge in [-0.2, -0.15) is 0 Å². The van der Waals surface area contributed by atoms with E-state index < -0.39 is 0 Å². The van der Waals surface area contributed by atoms with Gasteiger partial charge < -0.3 is 5.32 Å². The predicted octanol–water partition coefficient (Wildman–Crippen LogP) is 4.19. The van der Waals surface area contributed by atoms with Crippen molar-refractivity contribution in [2.45, 2.75) is 57.7 Å². The van der Waals surface area contributed by atoms with Gasteiger partial charge in [-0.15, -0.1) is 0 Å². The molecule has 1 N–H and O–H groups in total. The minimum absolute atomic E-state index is 0.404. The van der Waals surface area contributed by atoms with Crippen LogP contribution >= 0.6 is 15.9 Å². The standard InChI is InChI=1S/C18H27BrN2/c1-14(2)17-11-20-18(9-3-4-10-18)13-21(17)12-15-5-7-16(19)8-6-15/h5-8,14,17,20H,3-4,9-13H2,1-2H3. The average Bonchev–Trinajstić information content (AvgIpc) is 2.89. The largest absolute Gasteiger partial charge is 0.308 e. The van der Waals surface area contributed by atoms with Gasteiger partial charge in [-0.3, -0.25) is 4.90 Å². The first-order valence-corrected chi connectivity index (χ1v) is 9.11. The molecule has 0 aromatic heterocycles. The van der Waals surface area contributed by atoms with Crippen LogP contribution in [0, 0.1) is 5.92 Å². The van der Waals surface area contributed by atoms with Gasteiger partial charge in [0.25, 0.3) is 0 Å². The molecule has 116 valence electrons. The molecule has 1 unspecified atom stereocenters. The Balaban J connectivity index is 1.75. The fraction of sp³-hybridized carbons (Fsp3) is 0.667. The number of nitrogens with zero attached hydrogens (tertiary/aromatic N) is 1.